The van der Waals surface area contributed by atoms with E-state index in [4.69, 9.17) is 11.6 Å². The highest BCUT2D eigenvalue weighted by Gasteiger charge is 2.13. The zero-order chi connectivity index (χ0) is 14.1. The maximum Gasteiger partial charge on any atom is 0.267 e. The number of pyridine rings is 1. The minimum atomic E-state index is -0.137. The van der Waals surface area contributed by atoms with Gasteiger partial charge in [0.15, 0.2) is 5.65 Å². The van der Waals surface area contributed by atoms with Gasteiger partial charge < -0.3 is 0 Å². The number of halogens is 1. The number of hydrogen-bond acceptors (Lipinski definition) is 3. The second kappa shape index (κ2) is 5.06. The maximum atomic E-state index is 12.8. The van der Waals surface area contributed by atoms with Crippen molar-refractivity contribution >= 4 is 22.6 Å². The number of benzene rings is 1. The summed E-state index contributed by atoms with van der Waals surface area (Å²) < 4.78 is 1.55. The molecule has 2 heterocycles. The highest BCUT2D eigenvalue weighted by molar-refractivity contribution is 6.16. The van der Waals surface area contributed by atoms with Crippen molar-refractivity contribution in [2.45, 2.75) is 12.8 Å². The molecule has 100 valence electrons. The van der Waals surface area contributed by atoms with E-state index in [-0.39, 0.29) is 11.4 Å². The van der Waals surface area contributed by atoms with Gasteiger partial charge in [-0.1, -0.05) is 18.2 Å². The normalized spacial score (nSPS) is 10.9. The molecule has 0 fully saturated rings. The third-order valence-corrected chi connectivity index (χ3v) is 3.42. The number of hydrogen-bond donors (Lipinski definition) is 0. The van der Waals surface area contributed by atoms with Gasteiger partial charge in [0.05, 0.1) is 17.0 Å². The molecule has 0 saturated heterocycles. The lowest BCUT2D eigenvalue weighted by atomic mass is 10.2. The van der Waals surface area contributed by atoms with E-state index in [2.05, 4.69) is 9.97 Å². The largest absolute Gasteiger partial charge is 0.268 e. The second-order valence-electron chi connectivity index (χ2n) is 4.46. The molecule has 0 aliphatic heterocycles. The molecular formula is C15H12ClN3O. The molecule has 0 N–H and O–H groups in total. The zero-order valence-corrected chi connectivity index (χ0v) is 11.6. The molecule has 0 spiro atoms. The van der Waals surface area contributed by atoms with Gasteiger partial charge in [-0.25, -0.2) is 9.97 Å². The van der Waals surface area contributed by atoms with Gasteiger partial charge in [0, 0.05) is 6.20 Å². The zero-order valence-electron chi connectivity index (χ0n) is 10.9. The summed E-state index contributed by atoms with van der Waals surface area (Å²) in [5.41, 5.74) is 1.92. The first-order chi connectivity index (χ1) is 9.72. The van der Waals surface area contributed by atoms with Gasteiger partial charge in [0.2, 0.25) is 0 Å². The van der Waals surface area contributed by atoms with E-state index in [0.29, 0.717) is 16.9 Å². The van der Waals surface area contributed by atoms with Crippen LogP contribution in [0, 0.1) is 6.92 Å². The topological polar surface area (TPSA) is 47.8 Å². The molecular weight excluding hydrogens is 274 g/mol. The summed E-state index contributed by atoms with van der Waals surface area (Å²) in [5, 5.41) is 0.533. The van der Waals surface area contributed by atoms with Crippen molar-refractivity contribution < 1.29 is 0 Å². The summed E-state index contributed by atoms with van der Waals surface area (Å²) in [6.07, 6.45) is 1.65. The van der Waals surface area contributed by atoms with Crippen LogP contribution in [0.1, 0.15) is 11.4 Å². The summed E-state index contributed by atoms with van der Waals surface area (Å²) in [5.74, 6) is 0.642. The van der Waals surface area contributed by atoms with Crippen molar-refractivity contribution in [3.8, 4) is 5.69 Å². The average molecular weight is 286 g/mol. The molecule has 0 saturated carbocycles. The Bertz CT molecular complexity index is 828. The Morgan fingerprint density at radius 1 is 1.20 bits per heavy atom. The number of nitrogens with zero attached hydrogens (tertiary/aromatic N) is 3. The highest BCUT2D eigenvalue weighted by Crippen LogP contribution is 2.15. The highest BCUT2D eigenvalue weighted by atomic mass is 35.5. The molecule has 3 aromatic rings. The number of rotatable bonds is 2. The van der Waals surface area contributed by atoms with Crippen molar-refractivity contribution in [3.63, 3.8) is 0 Å². The maximum absolute atomic E-state index is 12.8. The molecule has 4 nitrogen and oxygen atoms in total. The SMILES string of the molecule is Cc1ccnc2nc(CCl)n(-c3ccccc3)c(=O)c12. The van der Waals surface area contributed by atoms with Crippen molar-refractivity contribution in [2.24, 2.45) is 0 Å². The number of aryl methyl sites for hydroxylation is 1. The molecule has 0 aliphatic rings. The van der Waals surface area contributed by atoms with Crippen LogP contribution < -0.4 is 5.56 Å². The number of aromatic nitrogens is 3. The first-order valence-corrected chi connectivity index (χ1v) is 6.74. The first-order valence-electron chi connectivity index (χ1n) is 6.21. The Labute approximate surface area is 120 Å². The van der Waals surface area contributed by atoms with Gasteiger partial charge in [-0.15, -0.1) is 11.6 Å². The second-order valence-corrected chi connectivity index (χ2v) is 4.73. The van der Waals surface area contributed by atoms with Crippen LogP contribution in [0.25, 0.3) is 16.7 Å². The molecule has 5 heteroatoms. The third kappa shape index (κ3) is 1.98. The molecule has 2 aromatic heterocycles. The Kier molecular flexibility index (Phi) is 3.24. The summed E-state index contributed by atoms with van der Waals surface area (Å²) in [6.45, 7) is 1.88. The van der Waals surface area contributed by atoms with Gasteiger partial charge in [0.25, 0.3) is 5.56 Å². The van der Waals surface area contributed by atoms with Crippen LogP contribution in [-0.4, -0.2) is 14.5 Å². The van der Waals surface area contributed by atoms with Crippen LogP contribution in [0.15, 0.2) is 47.4 Å². The van der Waals surface area contributed by atoms with Gasteiger partial charge in [-0.05, 0) is 30.7 Å². The number of alkyl halides is 1. The lowest BCUT2D eigenvalue weighted by Gasteiger charge is -2.12. The fourth-order valence-electron chi connectivity index (χ4n) is 2.23. The van der Waals surface area contributed by atoms with E-state index in [1.165, 1.54) is 0 Å². The average Bonchev–Trinajstić information content (AvgIpc) is 2.47. The van der Waals surface area contributed by atoms with E-state index in [0.717, 1.165) is 11.3 Å². The van der Waals surface area contributed by atoms with Gasteiger partial charge >= 0.3 is 0 Å². The number of fused-ring (bicyclic) bond motifs is 1. The predicted octanol–water partition coefficient (Wildman–Crippen LogP) is 2.83. The van der Waals surface area contributed by atoms with Crippen LogP contribution >= 0.6 is 11.6 Å². The standard InChI is InChI=1S/C15H12ClN3O/c1-10-7-8-17-14-13(10)15(20)19(12(9-16)18-14)11-5-3-2-4-6-11/h2-8H,9H2,1H3. The first kappa shape index (κ1) is 12.8. The predicted molar refractivity (Wildman–Crippen MR) is 79.4 cm³/mol. The van der Waals surface area contributed by atoms with Crippen molar-refractivity contribution in [1.29, 1.82) is 0 Å². The molecule has 0 radical (unpaired) electrons. The minimum absolute atomic E-state index is 0.137. The molecule has 0 amide bonds. The number of para-hydroxylation sites is 1. The lowest BCUT2D eigenvalue weighted by molar-refractivity contribution is 0.875. The van der Waals surface area contributed by atoms with Crippen LogP contribution in [0.4, 0.5) is 0 Å². The molecule has 0 unspecified atom stereocenters. The molecule has 0 atom stereocenters. The Hall–Kier alpha value is -2.20. The smallest absolute Gasteiger partial charge is 0.267 e. The summed E-state index contributed by atoms with van der Waals surface area (Å²) in [4.78, 5) is 21.3. The molecule has 0 bridgehead atoms. The van der Waals surface area contributed by atoms with Crippen LogP contribution in [0.5, 0.6) is 0 Å². The minimum Gasteiger partial charge on any atom is -0.268 e. The third-order valence-electron chi connectivity index (χ3n) is 3.18. The molecule has 1 aromatic carbocycles. The Morgan fingerprint density at radius 3 is 2.65 bits per heavy atom. The monoisotopic (exact) mass is 285 g/mol. The Balaban J connectivity index is 2.45. The van der Waals surface area contributed by atoms with E-state index in [1.54, 1.807) is 16.8 Å². The quantitative estimate of drug-likeness (QED) is 0.680. The summed E-state index contributed by atoms with van der Waals surface area (Å²) >= 11 is 5.94. The van der Waals surface area contributed by atoms with Crippen molar-refractivity contribution in [1.82, 2.24) is 14.5 Å². The van der Waals surface area contributed by atoms with E-state index >= 15 is 0 Å². The summed E-state index contributed by atoms with van der Waals surface area (Å²) in [7, 11) is 0. The van der Waals surface area contributed by atoms with Crippen molar-refractivity contribution in [3.05, 3.63) is 64.3 Å². The molecule has 3 rings (SSSR count). The summed E-state index contributed by atoms with van der Waals surface area (Å²) in [6, 6.07) is 11.2. The van der Waals surface area contributed by atoms with Crippen LogP contribution in [-0.2, 0) is 5.88 Å². The van der Waals surface area contributed by atoms with E-state index in [1.807, 2.05) is 37.3 Å². The van der Waals surface area contributed by atoms with Crippen LogP contribution in [0.3, 0.4) is 0 Å². The Morgan fingerprint density at radius 2 is 1.95 bits per heavy atom. The molecule has 0 aliphatic carbocycles. The molecule has 20 heavy (non-hydrogen) atoms. The van der Waals surface area contributed by atoms with Gasteiger partial charge in [-0.3, -0.25) is 9.36 Å². The van der Waals surface area contributed by atoms with E-state index < -0.39 is 0 Å². The van der Waals surface area contributed by atoms with Crippen molar-refractivity contribution in [2.75, 3.05) is 0 Å². The van der Waals surface area contributed by atoms with Gasteiger partial charge in [0.1, 0.15) is 5.82 Å². The van der Waals surface area contributed by atoms with Crippen LogP contribution in [0.2, 0.25) is 0 Å². The lowest BCUT2D eigenvalue weighted by Crippen LogP contribution is -2.24. The van der Waals surface area contributed by atoms with E-state index in [9.17, 15) is 4.79 Å². The van der Waals surface area contributed by atoms with Gasteiger partial charge in [-0.2, -0.15) is 0 Å². The fraction of sp³-hybridized carbons (Fsp3) is 0.133. The fourth-order valence-corrected chi connectivity index (χ4v) is 2.41.